The van der Waals surface area contributed by atoms with E-state index in [1.54, 1.807) is 0 Å². The first-order valence-electron chi connectivity index (χ1n) is 1.48. The molecular weight excluding hydrogens is 174 g/mol. The lowest BCUT2D eigenvalue weighted by Gasteiger charge is -2.02. The fourth-order valence-electron chi connectivity index (χ4n) is 0.0818. The maximum atomic E-state index is 5.23. The second-order valence-electron chi connectivity index (χ2n) is 0.936. The van der Waals surface area contributed by atoms with Crippen molar-refractivity contribution >= 4 is 52.4 Å². The summed E-state index contributed by atoms with van der Waals surface area (Å²) in [5.74, 6) is 0. The van der Waals surface area contributed by atoms with E-state index in [9.17, 15) is 0 Å². The zero-order chi connectivity index (χ0) is 5.91. The van der Waals surface area contributed by atoms with E-state index >= 15 is 0 Å². The zero-order valence-corrected chi connectivity index (χ0v) is 6.33. The topological polar surface area (TPSA) is 0 Å². The van der Waals surface area contributed by atoms with Crippen LogP contribution < -0.4 is 0 Å². The van der Waals surface area contributed by atoms with Gasteiger partial charge in [-0.05, 0) is 0 Å². The van der Waals surface area contributed by atoms with Crippen LogP contribution in [0.2, 0.25) is 0 Å². The lowest BCUT2D eigenvalue weighted by atomic mass is 10.6. The third kappa shape index (κ3) is 6.96. The highest BCUT2D eigenvalue weighted by Gasteiger charge is 2.16. The van der Waals surface area contributed by atoms with Gasteiger partial charge in [-0.3, -0.25) is 0 Å². The Kier molecular flexibility index (Phi) is 3.50. The predicted octanol–water partition coefficient (Wildman–Crippen LogP) is 2.62. The molecule has 0 aliphatic carbocycles. The van der Waals surface area contributed by atoms with Gasteiger partial charge in [0.15, 0.2) is 3.79 Å². The van der Waals surface area contributed by atoms with Gasteiger partial charge >= 0.3 is 0 Å². The SMILES string of the molecule is S=[C]CC(Cl)(Cl)Cl. The lowest BCUT2D eigenvalue weighted by Crippen LogP contribution is -1.99. The Bertz CT molecular complexity index is 65.1. The van der Waals surface area contributed by atoms with Crippen molar-refractivity contribution in [3.63, 3.8) is 0 Å². The summed E-state index contributed by atoms with van der Waals surface area (Å²) < 4.78 is -1.25. The third-order valence-corrected chi connectivity index (χ3v) is 0.818. The van der Waals surface area contributed by atoms with Crippen LogP contribution in [0.3, 0.4) is 0 Å². The van der Waals surface area contributed by atoms with Gasteiger partial charge in [0.25, 0.3) is 0 Å². The van der Waals surface area contributed by atoms with E-state index in [-0.39, 0.29) is 6.42 Å². The van der Waals surface area contributed by atoms with Crippen LogP contribution in [0.1, 0.15) is 6.42 Å². The molecule has 4 heteroatoms. The van der Waals surface area contributed by atoms with Crippen molar-refractivity contribution in [2.45, 2.75) is 10.2 Å². The van der Waals surface area contributed by atoms with Gasteiger partial charge in [0, 0.05) is 11.8 Å². The van der Waals surface area contributed by atoms with E-state index in [0.717, 1.165) is 0 Å². The summed E-state index contributed by atoms with van der Waals surface area (Å²) in [4.78, 5) is 0. The molecule has 0 aliphatic rings. The molecule has 0 N–H and O–H groups in total. The highest BCUT2D eigenvalue weighted by Crippen LogP contribution is 2.28. The molecule has 0 saturated carbocycles. The molecule has 0 nitrogen and oxygen atoms in total. The Morgan fingerprint density at radius 2 is 1.86 bits per heavy atom. The van der Waals surface area contributed by atoms with Crippen molar-refractivity contribution in [3.05, 3.63) is 0 Å². The van der Waals surface area contributed by atoms with Crippen molar-refractivity contribution in [1.82, 2.24) is 0 Å². The lowest BCUT2D eigenvalue weighted by molar-refractivity contribution is 1.16. The first kappa shape index (κ1) is 7.96. The molecule has 0 saturated heterocycles. The molecule has 0 heterocycles. The van der Waals surface area contributed by atoms with Crippen LogP contribution in [0.5, 0.6) is 0 Å². The van der Waals surface area contributed by atoms with Gasteiger partial charge in [0.2, 0.25) is 0 Å². The molecule has 41 valence electrons. The first-order chi connectivity index (χ1) is 3.06. The van der Waals surface area contributed by atoms with E-state index in [0.29, 0.717) is 0 Å². The smallest absolute Gasteiger partial charge is 0.0835 e. The maximum Gasteiger partial charge on any atom is 0.195 e. The minimum atomic E-state index is -1.25. The highest BCUT2D eigenvalue weighted by atomic mass is 35.6. The Balaban J connectivity index is 3.34. The van der Waals surface area contributed by atoms with Gasteiger partial charge in [-0.1, -0.05) is 47.0 Å². The molecule has 0 aliphatic heterocycles. The molecular formula is C3H2Cl3S. The minimum Gasteiger partial charge on any atom is -0.0835 e. The molecule has 0 aromatic heterocycles. The molecule has 0 bridgehead atoms. The molecule has 0 spiro atoms. The molecule has 0 rings (SSSR count). The normalized spacial score (nSPS) is 11.3. The van der Waals surface area contributed by atoms with Crippen LogP contribution >= 0.6 is 47.0 Å². The summed E-state index contributed by atoms with van der Waals surface area (Å²) in [6, 6.07) is 0. The molecule has 0 fully saturated rings. The van der Waals surface area contributed by atoms with Crippen LogP contribution in [-0.2, 0) is 0 Å². The average molecular weight is 176 g/mol. The highest BCUT2D eigenvalue weighted by molar-refractivity contribution is 7.79. The largest absolute Gasteiger partial charge is 0.195 e. The second-order valence-corrected chi connectivity index (χ2v) is 3.74. The zero-order valence-electron chi connectivity index (χ0n) is 3.25. The van der Waals surface area contributed by atoms with E-state index < -0.39 is 3.79 Å². The van der Waals surface area contributed by atoms with Crippen LogP contribution in [0.4, 0.5) is 0 Å². The van der Waals surface area contributed by atoms with Crippen molar-refractivity contribution in [3.8, 4) is 0 Å². The van der Waals surface area contributed by atoms with Crippen molar-refractivity contribution in [2.24, 2.45) is 0 Å². The van der Waals surface area contributed by atoms with Gasteiger partial charge in [0.1, 0.15) is 0 Å². The van der Waals surface area contributed by atoms with Gasteiger partial charge < -0.3 is 0 Å². The summed E-state index contributed by atoms with van der Waals surface area (Å²) in [6.07, 6.45) is 0.201. The fraction of sp³-hybridized carbons (Fsp3) is 0.667. The van der Waals surface area contributed by atoms with E-state index in [1.807, 2.05) is 0 Å². The predicted molar refractivity (Wildman–Crippen MR) is 37.5 cm³/mol. The molecule has 0 aromatic carbocycles. The number of thiocarbonyl (C=S) groups is 1. The molecule has 1 radical (unpaired) electrons. The number of hydrogen-bond donors (Lipinski definition) is 0. The van der Waals surface area contributed by atoms with Crippen LogP contribution in [0, 0.1) is 0 Å². The van der Waals surface area contributed by atoms with E-state index in [4.69, 9.17) is 34.8 Å². The number of alkyl halides is 3. The van der Waals surface area contributed by atoms with Gasteiger partial charge in [-0.15, -0.1) is 0 Å². The fourth-order valence-corrected chi connectivity index (χ4v) is 0.736. The number of halogens is 3. The second kappa shape index (κ2) is 3.08. The molecule has 0 amide bonds. The van der Waals surface area contributed by atoms with Crippen LogP contribution in [0.25, 0.3) is 0 Å². The first-order valence-corrected chi connectivity index (χ1v) is 3.02. The van der Waals surface area contributed by atoms with Gasteiger partial charge in [-0.2, -0.15) is 0 Å². The van der Waals surface area contributed by atoms with Crippen LogP contribution in [-0.4, -0.2) is 9.16 Å². The van der Waals surface area contributed by atoms with Crippen molar-refractivity contribution in [2.75, 3.05) is 0 Å². The maximum absolute atomic E-state index is 5.23. The molecule has 0 aromatic rings. The summed E-state index contributed by atoms with van der Waals surface area (Å²) in [5, 5.41) is 2.30. The van der Waals surface area contributed by atoms with Crippen molar-refractivity contribution in [1.29, 1.82) is 0 Å². The number of hydrogen-bond acceptors (Lipinski definition) is 1. The third-order valence-electron chi connectivity index (χ3n) is 0.273. The van der Waals surface area contributed by atoms with Gasteiger partial charge in [-0.25, -0.2) is 0 Å². The van der Waals surface area contributed by atoms with Crippen molar-refractivity contribution < 1.29 is 0 Å². The summed E-state index contributed by atoms with van der Waals surface area (Å²) in [6.45, 7) is 0. The monoisotopic (exact) mass is 175 g/mol. The van der Waals surface area contributed by atoms with E-state index in [1.165, 1.54) is 0 Å². The molecule has 0 atom stereocenters. The quantitative estimate of drug-likeness (QED) is 0.437. The summed E-state index contributed by atoms with van der Waals surface area (Å²) in [7, 11) is 0. The van der Waals surface area contributed by atoms with Gasteiger partial charge in [0.05, 0.1) is 0 Å². The average Bonchev–Trinajstić information content (AvgIpc) is 1.30. The Morgan fingerprint density at radius 1 is 1.43 bits per heavy atom. The minimum absolute atomic E-state index is 0.201. The standard InChI is InChI=1S/C3H2Cl3S/c4-3(5,6)1-2-7/h1H2. The Morgan fingerprint density at radius 3 is 1.86 bits per heavy atom. The Labute approximate surface area is 62.7 Å². The summed E-state index contributed by atoms with van der Waals surface area (Å²) >= 11 is 20.0. The van der Waals surface area contributed by atoms with E-state index in [2.05, 4.69) is 17.6 Å². The van der Waals surface area contributed by atoms with Crippen LogP contribution in [0.15, 0.2) is 0 Å². The molecule has 0 unspecified atom stereocenters. The molecule has 7 heavy (non-hydrogen) atoms. The number of rotatable bonds is 1. The summed E-state index contributed by atoms with van der Waals surface area (Å²) in [5.41, 5.74) is 0. The Hall–Kier alpha value is 0.960.